The third-order valence-electron chi connectivity index (χ3n) is 2.80. The summed E-state index contributed by atoms with van der Waals surface area (Å²) in [6.45, 7) is 4.13. The van der Waals surface area contributed by atoms with Crippen LogP contribution in [0.2, 0.25) is 0 Å². The molecular formula is C13H13N5OS. The molecule has 1 amide bonds. The Morgan fingerprint density at radius 1 is 1.40 bits per heavy atom. The van der Waals surface area contributed by atoms with Crippen LogP contribution in [0, 0.1) is 0 Å². The van der Waals surface area contributed by atoms with Gasteiger partial charge in [0.05, 0.1) is 5.69 Å². The summed E-state index contributed by atoms with van der Waals surface area (Å²) in [7, 11) is 0. The lowest BCUT2D eigenvalue weighted by molar-refractivity contribution is 0.102. The van der Waals surface area contributed by atoms with Crippen LogP contribution in [-0.4, -0.2) is 25.3 Å². The number of fused-ring (bicyclic) bond motifs is 1. The zero-order valence-corrected chi connectivity index (χ0v) is 11.9. The van der Waals surface area contributed by atoms with E-state index < -0.39 is 0 Å². The first-order chi connectivity index (χ1) is 9.63. The van der Waals surface area contributed by atoms with Gasteiger partial charge in [0.15, 0.2) is 5.13 Å². The Labute approximate surface area is 119 Å². The van der Waals surface area contributed by atoms with Crippen LogP contribution in [-0.2, 0) is 0 Å². The highest BCUT2D eigenvalue weighted by molar-refractivity contribution is 7.14. The van der Waals surface area contributed by atoms with Crippen LogP contribution in [0.25, 0.3) is 5.78 Å². The molecule has 0 bridgehead atoms. The number of anilines is 1. The average Bonchev–Trinajstić information content (AvgIpc) is 3.04. The van der Waals surface area contributed by atoms with E-state index in [1.54, 1.807) is 29.1 Å². The second kappa shape index (κ2) is 5.01. The summed E-state index contributed by atoms with van der Waals surface area (Å²) in [5.74, 6) is 0.566. The van der Waals surface area contributed by atoms with Crippen molar-refractivity contribution in [2.45, 2.75) is 19.8 Å². The van der Waals surface area contributed by atoms with Crippen LogP contribution in [0.3, 0.4) is 0 Å². The largest absolute Gasteiger partial charge is 0.296 e. The van der Waals surface area contributed by atoms with Crippen LogP contribution in [0.15, 0.2) is 30.0 Å². The molecule has 0 atom stereocenters. The van der Waals surface area contributed by atoms with E-state index in [9.17, 15) is 4.79 Å². The highest BCUT2D eigenvalue weighted by Crippen LogP contribution is 2.21. The molecule has 3 heterocycles. The Balaban J connectivity index is 1.81. The number of hydrogen-bond donors (Lipinski definition) is 1. The van der Waals surface area contributed by atoms with E-state index in [1.165, 1.54) is 11.3 Å². The number of rotatable bonds is 3. The van der Waals surface area contributed by atoms with Crippen LogP contribution < -0.4 is 5.32 Å². The molecule has 3 rings (SSSR count). The summed E-state index contributed by atoms with van der Waals surface area (Å²) in [4.78, 5) is 24.7. The van der Waals surface area contributed by atoms with E-state index >= 15 is 0 Å². The molecule has 1 N–H and O–H groups in total. The first kappa shape index (κ1) is 12.7. The smallest absolute Gasteiger partial charge is 0.277 e. The van der Waals surface area contributed by atoms with E-state index in [2.05, 4.69) is 34.1 Å². The molecule has 0 saturated heterocycles. The van der Waals surface area contributed by atoms with Crippen molar-refractivity contribution in [3.63, 3.8) is 0 Å². The minimum atomic E-state index is -0.278. The maximum atomic E-state index is 12.1. The number of carbonyl (C=O) groups is 1. The Kier molecular flexibility index (Phi) is 3.19. The number of thiazole rings is 1. The van der Waals surface area contributed by atoms with Gasteiger partial charge in [0.2, 0.25) is 5.78 Å². The molecule has 0 saturated carbocycles. The summed E-state index contributed by atoms with van der Waals surface area (Å²) in [5.41, 5.74) is 1.30. The minimum Gasteiger partial charge on any atom is -0.296 e. The van der Waals surface area contributed by atoms with Crippen molar-refractivity contribution in [3.05, 3.63) is 41.4 Å². The van der Waals surface area contributed by atoms with Crippen LogP contribution in [0.5, 0.6) is 0 Å². The van der Waals surface area contributed by atoms with E-state index in [0.717, 1.165) is 5.69 Å². The molecule has 0 spiro atoms. The molecule has 0 aliphatic carbocycles. The number of imidazole rings is 1. The number of carbonyl (C=O) groups excluding carboxylic acids is 1. The number of nitrogens with zero attached hydrogens (tertiary/aromatic N) is 4. The van der Waals surface area contributed by atoms with Gasteiger partial charge >= 0.3 is 0 Å². The molecule has 7 heteroatoms. The molecule has 0 radical (unpaired) electrons. The van der Waals surface area contributed by atoms with Crippen molar-refractivity contribution >= 4 is 28.2 Å². The van der Waals surface area contributed by atoms with Gasteiger partial charge in [0.25, 0.3) is 5.91 Å². The van der Waals surface area contributed by atoms with Crippen molar-refractivity contribution in [1.82, 2.24) is 19.4 Å². The van der Waals surface area contributed by atoms with Crippen LogP contribution in [0.1, 0.15) is 35.9 Å². The molecule has 0 unspecified atom stereocenters. The normalized spacial score (nSPS) is 11.2. The number of hydrogen-bond acceptors (Lipinski definition) is 5. The molecule has 0 aliphatic heterocycles. The monoisotopic (exact) mass is 287 g/mol. The zero-order valence-electron chi connectivity index (χ0n) is 11.1. The Hall–Kier alpha value is -2.28. The third-order valence-corrected chi connectivity index (χ3v) is 3.58. The molecule has 6 nitrogen and oxygen atoms in total. The Morgan fingerprint density at radius 3 is 2.95 bits per heavy atom. The third kappa shape index (κ3) is 2.39. The second-order valence-electron chi connectivity index (χ2n) is 4.64. The molecule has 0 fully saturated rings. The van der Waals surface area contributed by atoms with Crippen molar-refractivity contribution in [2.24, 2.45) is 0 Å². The van der Waals surface area contributed by atoms with Gasteiger partial charge in [-0.05, 0) is 12.0 Å². The zero-order chi connectivity index (χ0) is 14.1. The molecule has 0 aliphatic rings. The van der Waals surface area contributed by atoms with Gasteiger partial charge in [-0.25, -0.2) is 15.0 Å². The average molecular weight is 287 g/mol. The van der Waals surface area contributed by atoms with E-state index in [1.807, 2.05) is 5.38 Å². The molecule has 20 heavy (non-hydrogen) atoms. The van der Waals surface area contributed by atoms with E-state index in [-0.39, 0.29) is 5.91 Å². The fourth-order valence-corrected chi connectivity index (χ4v) is 2.58. The molecular weight excluding hydrogens is 274 g/mol. The van der Waals surface area contributed by atoms with Crippen molar-refractivity contribution in [2.75, 3.05) is 5.32 Å². The van der Waals surface area contributed by atoms with Crippen LogP contribution in [0.4, 0.5) is 5.13 Å². The predicted octanol–water partition coefficient (Wildman–Crippen LogP) is 2.56. The summed E-state index contributed by atoms with van der Waals surface area (Å²) < 4.78 is 1.70. The summed E-state index contributed by atoms with van der Waals surface area (Å²) in [5, 5.41) is 5.30. The number of aromatic nitrogens is 4. The quantitative estimate of drug-likeness (QED) is 0.803. The van der Waals surface area contributed by atoms with Crippen molar-refractivity contribution in [3.8, 4) is 0 Å². The van der Waals surface area contributed by atoms with Gasteiger partial charge in [0, 0.05) is 24.0 Å². The number of amides is 1. The first-order valence-corrected chi connectivity index (χ1v) is 7.08. The Bertz CT molecular complexity index is 728. The van der Waals surface area contributed by atoms with E-state index in [0.29, 0.717) is 22.5 Å². The lowest BCUT2D eigenvalue weighted by Crippen LogP contribution is -2.12. The maximum Gasteiger partial charge on any atom is 0.277 e. The summed E-state index contributed by atoms with van der Waals surface area (Å²) >= 11 is 1.41. The van der Waals surface area contributed by atoms with Gasteiger partial charge in [0.1, 0.15) is 5.69 Å². The minimum absolute atomic E-state index is 0.278. The van der Waals surface area contributed by atoms with Gasteiger partial charge in [-0.3, -0.25) is 14.5 Å². The fourth-order valence-electron chi connectivity index (χ4n) is 1.71. The van der Waals surface area contributed by atoms with Crippen molar-refractivity contribution < 1.29 is 4.79 Å². The Morgan fingerprint density at radius 2 is 2.25 bits per heavy atom. The summed E-state index contributed by atoms with van der Waals surface area (Å²) in [6.07, 6.45) is 5.08. The first-order valence-electron chi connectivity index (χ1n) is 6.20. The lowest BCUT2D eigenvalue weighted by Gasteiger charge is -1.98. The van der Waals surface area contributed by atoms with E-state index in [4.69, 9.17) is 0 Å². The predicted molar refractivity (Wildman–Crippen MR) is 77.1 cm³/mol. The molecule has 3 aromatic rings. The topological polar surface area (TPSA) is 72.2 Å². The molecule has 102 valence electrons. The van der Waals surface area contributed by atoms with Gasteiger partial charge in [-0.2, -0.15) is 0 Å². The van der Waals surface area contributed by atoms with Crippen LogP contribution >= 0.6 is 11.3 Å². The maximum absolute atomic E-state index is 12.1. The SMILES string of the molecule is CC(C)c1csc(NC(=O)c2cn3cccnc3n2)n1. The standard InChI is InChI=1S/C13H13N5OS/c1-8(2)10-7-20-13(16-10)17-11(19)9-6-18-5-3-4-14-12(18)15-9/h3-8H,1-2H3,(H,16,17,19). The summed E-state index contributed by atoms with van der Waals surface area (Å²) in [6, 6.07) is 1.78. The van der Waals surface area contributed by atoms with Gasteiger partial charge in [-0.1, -0.05) is 13.8 Å². The highest BCUT2D eigenvalue weighted by atomic mass is 32.1. The number of nitrogens with one attached hydrogen (secondary N) is 1. The van der Waals surface area contributed by atoms with Gasteiger partial charge in [-0.15, -0.1) is 11.3 Å². The molecule has 0 aromatic carbocycles. The van der Waals surface area contributed by atoms with Crippen molar-refractivity contribution in [1.29, 1.82) is 0 Å². The fraction of sp³-hybridized carbons (Fsp3) is 0.231. The second-order valence-corrected chi connectivity index (χ2v) is 5.50. The highest BCUT2D eigenvalue weighted by Gasteiger charge is 2.13. The lowest BCUT2D eigenvalue weighted by atomic mass is 10.2. The molecule has 3 aromatic heterocycles. The van der Waals surface area contributed by atoms with Gasteiger partial charge < -0.3 is 0 Å².